The van der Waals surface area contributed by atoms with Crippen LogP contribution in [-0.2, 0) is 19.6 Å². The van der Waals surface area contributed by atoms with Crippen molar-refractivity contribution in [1.82, 2.24) is 4.72 Å². The van der Waals surface area contributed by atoms with Crippen molar-refractivity contribution in [2.24, 2.45) is 0 Å². The van der Waals surface area contributed by atoms with E-state index in [1.165, 1.54) is 12.1 Å². The Morgan fingerprint density at radius 3 is 2.43 bits per heavy atom. The summed E-state index contributed by atoms with van der Waals surface area (Å²) in [6.45, 7) is 4.40. The van der Waals surface area contributed by atoms with Crippen LogP contribution >= 0.6 is 0 Å². The number of nitrogens with zero attached hydrogens (tertiary/aromatic N) is 1. The van der Waals surface area contributed by atoms with Gasteiger partial charge in [0.15, 0.2) is 4.90 Å². The second kappa shape index (κ2) is 6.64. The molecule has 1 rings (SSSR count). The van der Waals surface area contributed by atoms with Crippen molar-refractivity contribution < 1.29 is 22.9 Å². The van der Waals surface area contributed by atoms with Gasteiger partial charge in [-0.1, -0.05) is 0 Å². The van der Waals surface area contributed by atoms with Gasteiger partial charge in [0.1, 0.15) is 6.54 Å². The van der Waals surface area contributed by atoms with Crippen LogP contribution in [0.1, 0.15) is 18.1 Å². The largest absolute Gasteiger partial charge is 0.465 e. The number of esters is 1. The van der Waals surface area contributed by atoms with Gasteiger partial charge in [0.2, 0.25) is 10.0 Å². The first-order valence-electron chi connectivity index (χ1n) is 6.10. The number of hydrogen-bond acceptors (Lipinski definition) is 6. The summed E-state index contributed by atoms with van der Waals surface area (Å²) < 4.78 is 30.8. The number of carbonyl (C=O) groups is 1. The summed E-state index contributed by atoms with van der Waals surface area (Å²) in [5.74, 6) is -0.757. The van der Waals surface area contributed by atoms with Gasteiger partial charge in [0, 0.05) is 6.07 Å². The van der Waals surface area contributed by atoms with Gasteiger partial charge in [0.25, 0.3) is 5.69 Å². The molecule has 1 N–H and O–H groups in total. The van der Waals surface area contributed by atoms with Gasteiger partial charge in [-0.15, -0.1) is 0 Å². The van der Waals surface area contributed by atoms with Crippen LogP contribution in [0, 0.1) is 24.0 Å². The Bertz CT molecular complexity index is 669. The summed E-state index contributed by atoms with van der Waals surface area (Å²) in [5, 5.41) is 11.0. The lowest BCUT2D eigenvalue weighted by Crippen LogP contribution is -2.31. The highest BCUT2D eigenvalue weighted by molar-refractivity contribution is 7.89. The molecule has 1 aromatic rings. The summed E-state index contributed by atoms with van der Waals surface area (Å²) in [4.78, 5) is 20.9. The van der Waals surface area contributed by atoms with Crippen LogP contribution in [0.25, 0.3) is 0 Å². The van der Waals surface area contributed by atoms with Crippen LogP contribution < -0.4 is 4.72 Å². The Morgan fingerprint density at radius 2 is 1.90 bits per heavy atom. The zero-order valence-electron chi connectivity index (χ0n) is 11.9. The molecule has 0 saturated heterocycles. The van der Waals surface area contributed by atoms with Crippen molar-refractivity contribution in [1.29, 1.82) is 0 Å². The molecule has 0 unspecified atom stereocenters. The monoisotopic (exact) mass is 316 g/mol. The summed E-state index contributed by atoms with van der Waals surface area (Å²) in [5.41, 5.74) is 0.664. The number of rotatable bonds is 6. The van der Waals surface area contributed by atoms with E-state index >= 15 is 0 Å². The molecule has 0 aromatic heterocycles. The molecule has 0 bridgehead atoms. The van der Waals surface area contributed by atoms with Crippen molar-refractivity contribution in [2.75, 3.05) is 13.2 Å². The predicted octanol–water partition coefficient (Wildman–Crippen LogP) is 1.05. The van der Waals surface area contributed by atoms with E-state index in [0.717, 1.165) is 0 Å². The van der Waals surface area contributed by atoms with E-state index in [4.69, 9.17) is 0 Å². The third-order valence-electron chi connectivity index (χ3n) is 2.77. The third-order valence-corrected chi connectivity index (χ3v) is 4.20. The molecule has 0 saturated carbocycles. The molecule has 0 fully saturated rings. The minimum Gasteiger partial charge on any atom is -0.465 e. The van der Waals surface area contributed by atoms with Crippen LogP contribution in [-0.4, -0.2) is 32.5 Å². The van der Waals surface area contributed by atoms with Gasteiger partial charge in [-0.05, 0) is 38.0 Å². The van der Waals surface area contributed by atoms with E-state index in [-0.39, 0.29) is 6.61 Å². The number of aryl methyl sites for hydroxylation is 2. The maximum absolute atomic E-state index is 12.1. The fourth-order valence-electron chi connectivity index (χ4n) is 1.58. The van der Waals surface area contributed by atoms with Gasteiger partial charge < -0.3 is 4.74 Å². The molecule has 21 heavy (non-hydrogen) atoms. The average molecular weight is 316 g/mol. The number of nitro benzene ring substituents is 1. The van der Waals surface area contributed by atoms with Crippen LogP contribution in [0.5, 0.6) is 0 Å². The molecule has 0 spiro atoms. The number of carbonyl (C=O) groups excluding carboxylic acids is 1. The molecule has 0 aliphatic heterocycles. The predicted molar refractivity (Wildman–Crippen MR) is 74.4 cm³/mol. The van der Waals surface area contributed by atoms with Crippen molar-refractivity contribution in [3.8, 4) is 0 Å². The number of nitrogens with one attached hydrogen (secondary N) is 1. The molecule has 0 amide bonds. The van der Waals surface area contributed by atoms with E-state index in [0.29, 0.717) is 11.1 Å². The number of ether oxygens (including phenoxy) is 1. The zero-order valence-corrected chi connectivity index (χ0v) is 12.7. The fourth-order valence-corrected chi connectivity index (χ4v) is 2.78. The third kappa shape index (κ3) is 4.23. The van der Waals surface area contributed by atoms with Crippen molar-refractivity contribution in [3.63, 3.8) is 0 Å². The minimum atomic E-state index is -4.18. The lowest BCUT2D eigenvalue weighted by atomic mass is 10.1. The smallest absolute Gasteiger partial charge is 0.321 e. The van der Waals surface area contributed by atoms with E-state index in [1.54, 1.807) is 20.8 Å². The molecule has 9 heteroatoms. The maximum atomic E-state index is 12.1. The molecule has 8 nitrogen and oxygen atoms in total. The topological polar surface area (TPSA) is 116 Å². The van der Waals surface area contributed by atoms with Crippen molar-refractivity contribution in [3.05, 3.63) is 33.4 Å². The highest BCUT2D eigenvalue weighted by Crippen LogP contribution is 2.27. The highest BCUT2D eigenvalue weighted by Gasteiger charge is 2.27. The number of sulfonamides is 1. The first-order chi connectivity index (χ1) is 9.69. The standard InChI is InChI=1S/C12H16N2O6S/c1-4-20-12(15)7-13-21(18,19)11-6-9(3)8(2)5-10(11)14(16)17/h5-6,13H,4,7H2,1-3H3. The van der Waals surface area contributed by atoms with Crippen LogP contribution in [0.15, 0.2) is 17.0 Å². The lowest BCUT2D eigenvalue weighted by Gasteiger charge is -2.09. The molecule has 0 aliphatic carbocycles. The van der Waals surface area contributed by atoms with E-state index in [1.807, 2.05) is 4.72 Å². The molecular formula is C12H16N2O6S. The number of hydrogen-bond donors (Lipinski definition) is 1. The summed E-state index contributed by atoms with van der Waals surface area (Å²) >= 11 is 0. The fraction of sp³-hybridized carbons (Fsp3) is 0.417. The zero-order chi connectivity index (χ0) is 16.2. The first-order valence-corrected chi connectivity index (χ1v) is 7.58. The van der Waals surface area contributed by atoms with Crippen LogP contribution in [0.4, 0.5) is 5.69 Å². The molecule has 116 valence electrons. The molecular weight excluding hydrogens is 300 g/mol. The molecule has 0 aliphatic rings. The Morgan fingerprint density at radius 1 is 1.33 bits per heavy atom. The van der Waals surface area contributed by atoms with Crippen molar-refractivity contribution >= 4 is 21.7 Å². The second-order valence-corrected chi connectivity index (χ2v) is 6.03. The van der Waals surface area contributed by atoms with Crippen LogP contribution in [0.2, 0.25) is 0 Å². The minimum absolute atomic E-state index is 0.115. The Labute approximate surface area is 122 Å². The van der Waals surface area contributed by atoms with Gasteiger partial charge >= 0.3 is 5.97 Å². The Balaban J connectivity index is 3.16. The lowest BCUT2D eigenvalue weighted by molar-refractivity contribution is -0.387. The molecule has 0 atom stereocenters. The second-order valence-electron chi connectivity index (χ2n) is 4.29. The Hall–Kier alpha value is -2.00. The SMILES string of the molecule is CCOC(=O)CNS(=O)(=O)c1cc(C)c(C)cc1[N+](=O)[O-]. The van der Waals surface area contributed by atoms with Gasteiger partial charge in [-0.3, -0.25) is 14.9 Å². The van der Waals surface area contributed by atoms with Gasteiger partial charge in [0.05, 0.1) is 11.5 Å². The molecule has 0 radical (unpaired) electrons. The maximum Gasteiger partial charge on any atom is 0.321 e. The van der Waals surface area contributed by atoms with E-state index < -0.39 is 38.0 Å². The quantitative estimate of drug-likeness (QED) is 0.476. The van der Waals surface area contributed by atoms with Gasteiger partial charge in [-0.25, -0.2) is 8.42 Å². The van der Waals surface area contributed by atoms with E-state index in [2.05, 4.69) is 4.74 Å². The normalized spacial score (nSPS) is 11.2. The summed E-state index contributed by atoms with van der Waals surface area (Å²) in [6, 6.07) is 2.40. The molecule has 1 aromatic carbocycles. The summed E-state index contributed by atoms with van der Waals surface area (Å²) in [6.07, 6.45) is 0. The summed E-state index contributed by atoms with van der Waals surface area (Å²) in [7, 11) is -4.18. The first kappa shape index (κ1) is 17.1. The highest BCUT2D eigenvalue weighted by atomic mass is 32.2. The average Bonchev–Trinajstić information content (AvgIpc) is 2.39. The molecule has 0 heterocycles. The van der Waals surface area contributed by atoms with E-state index in [9.17, 15) is 23.3 Å². The number of nitro groups is 1. The van der Waals surface area contributed by atoms with Crippen LogP contribution in [0.3, 0.4) is 0 Å². The number of benzene rings is 1. The van der Waals surface area contributed by atoms with Gasteiger partial charge in [-0.2, -0.15) is 4.72 Å². The Kier molecular flexibility index (Phi) is 5.39. The van der Waals surface area contributed by atoms with Crippen molar-refractivity contribution in [2.45, 2.75) is 25.7 Å².